The second-order valence-electron chi connectivity index (χ2n) is 3.41. The Morgan fingerprint density at radius 1 is 1.46 bits per heavy atom. The number of rotatable bonds is 1. The normalized spacial score (nSPS) is 22.3. The van der Waals surface area contributed by atoms with E-state index in [0.717, 1.165) is 30.1 Å². The van der Waals surface area contributed by atoms with Crippen LogP contribution in [0.5, 0.6) is 0 Å². The topological polar surface area (TPSA) is 23.5 Å². The van der Waals surface area contributed by atoms with Crippen LogP contribution in [-0.2, 0) is 0 Å². The summed E-state index contributed by atoms with van der Waals surface area (Å²) < 4.78 is 0. The van der Waals surface area contributed by atoms with E-state index in [4.69, 9.17) is 0 Å². The van der Waals surface area contributed by atoms with Gasteiger partial charge in [0.2, 0.25) is 0 Å². The van der Waals surface area contributed by atoms with Crippen molar-refractivity contribution < 1.29 is 5.11 Å². The van der Waals surface area contributed by atoms with Gasteiger partial charge in [-0.2, -0.15) is 0 Å². The summed E-state index contributed by atoms with van der Waals surface area (Å²) in [6.45, 7) is 1.69. The molecule has 70 valence electrons. The van der Waals surface area contributed by atoms with E-state index in [9.17, 15) is 5.11 Å². The first kappa shape index (κ1) is 8.91. The van der Waals surface area contributed by atoms with Crippen molar-refractivity contribution in [1.82, 2.24) is 0 Å². The molecule has 0 aliphatic carbocycles. The van der Waals surface area contributed by atoms with Crippen LogP contribution in [0.25, 0.3) is 0 Å². The molecular weight excluding hydrogens is 182 g/mol. The lowest BCUT2D eigenvalue weighted by Crippen LogP contribution is -2.20. The molecule has 1 aromatic rings. The van der Waals surface area contributed by atoms with Crippen molar-refractivity contribution in [1.29, 1.82) is 0 Å². The fraction of sp³-hybridized carbons (Fsp3) is 0.400. The lowest BCUT2D eigenvalue weighted by molar-refractivity contribution is 0.198. The van der Waals surface area contributed by atoms with Gasteiger partial charge in [0.05, 0.1) is 6.10 Å². The minimum absolute atomic E-state index is 0.163. The summed E-state index contributed by atoms with van der Waals surface area (Å²) in [7, 11) is 0. The van der Waals surface area contributed by atoms with Crippen molar-refractivity contribution >= 4 is 18.3 Å². The molecule has 0 saturated carbocycles. The zero-order valence-corrected chi connectivity index (χ0v) is 8.24. The Hall–Kier alpha value is -0.670. The van der Waals surface area contributed by atoms with Crippen LogP contribution in [0.4, 0.5) is 5.69 Å². The van der Waals surface area contributed by atoms with Crippen LogP contribution in [0.15, 0.2) is 29.2 Å². The Labute approximate surface area is 83.6 Å². The monoisotopic (exact) mass is 195 g/mol. The summed E-state index contributed by atoms with van der Waals surface area (Å²) in [4.78, 5) is 3.16. The molecule has 1 aromatic carbocycles. The molecular formula is C10H13NOS. The maximum absolute atomic E-state index is 9.37. The van der Waals surface area contributed by atoms with Crippen LogP contribution in [-0.4, -0.2) is 24.3 Å². The van der Waals surface area contributed by atoms with Gasteiger partial charge in [-0.1, -0.05) is 6.07 Å². The quantitative estimate of drug-likeness (QED) is 0.664. The highest BCUT2D eigenvalue weighted by Crippen LogP contribution is 2.22. The highest BCUT2D eigenvalue weighted by atomic mass is 32.1. The largest absolute Gasteiger partial charge is 0.391 e. The van der Waals surface area contributed by atoms with Crippen LogP contribution in [0.1, 0.15) is 6.42 Å². The van der Waals surface area contributed by atoms with Crippen LogP contribution < -0.4 is 4.90 Å². The van der Waals surface area contributed by atoms with Crippen molar-refractivity contribution in [3.63, 3.8) is 0 Å². The number of β-amino-alcohol motifs (C(OH)–C–C–N with tert-alkyl or cyclic N) is 1. The second-order valence-corrected chi connectivity index (χ2v) is 3.92. The smallest absolute Gasteiger partial charge is 0.0731 e. The standard InChI is InChI=1S/C10H13NOS/c12-9-4-5-11(7-9)8-2-1-3-10(13)6-8/h1-3,6,9,12-13H,4-5,7H2. The average molecular weight is 195 g/mol. The van der Waals surface area contributed by atoms with E-state index in [1.807, 2.05) is 18.2 Å². The Morgan fingerprint density at radius 3 is 2.92 bits per heavy atom. The molecule has 0 aromatic heterocycles. The molecule has 1 aliphatic rings. The summed E-state index contributed by atoms with van der Waals surface area (Å²) in [6.07, 6.45) is 0.708. The van der Waals surface area contributed by atoms with Gasteiger partial charge in [0.15, 0.2) is 0 Å². The van der Waals surface area contributed by atoms with E-state index in [0.29, 0.717) is 0 Å². The van der Waals surface area contributed by atoms with Crippen molar-refractivity contribution in [3.05, 3.63) is 24.3 Å². The first-order chi connectivity index (χ1) is 6.25. The summed E-state index contributed by atoms with van der Waals surface area (Å²) >= 11 is 4.28. The third kappa shape index (κ3) is 1.98. The van der Waals surface area contributed by atoms with Crippen LogP contribution in [0, 0.1) is 0 Å². The molecule has 3 heteroatoms. The fourth-order valence-corrected chi connectivity index (χ4v) is 1.88. The molecule has 0 radical (unpaired) electrons. The predicted molar refractivity (Wildman–Crippen MR) is 56.5 cm³/mol. The van der Waals surface area contributed by atoms with Gasteiger partial charge in [-0.05, 0) is 24.6 Å². The molecule has 1 unspecified atom stereocenters. The maximum Gasteiger partial charge on any atom is 0.0731 e. The predicted octanol–water partition coefficient (Wildman–Crippen LogP) is 1.55. The first-order valence-electron chi connectivity index (χ1n) is 4.48. The van der Waals surface area contributed by atoms with E-state index in [1.54, 1.807) is 0 Å². The molecule has 2 nitrogen and oxygen atoms in total. The minimum Gasteiger partial charge on any atom is -0.391 e. The molecule has 1 saturated heterocycles. The number of thiol groups is 1. The third-order valence-corrected chi connectivity index (χ3v) is 2.64. The van der Waals surface area contributed by atoms with Crippen LogP contribution in [0.3, 0.4) is 0 Å². The van der Waals surface area contributed by atoms with Gasteiger partial charge in [-0.25, -0.2) is 0 Å². The molecule has 13 heavy (non-hydrogen) atoms. The van der Waals surface area contributed by atoms with Crippen molar-refractivity contribution in [3.8, 4) is 0 Å². The number of aliphatic hydroxyl groups is 1. The summed E-state index contributed by atoms with van der Waals surface area (Å²) in [5.74, 6) is 0. The van der Waals surface area contributed by atoms with E-state index in [1.165, 1.54) is 0 Å². The van der Waals surface area contributed by atoms with Gasteiger partial charge in [-0.3, -0.25) is 0 Å². The Balaban J connectivity index is 2.16. The molecule has 1 heterocycles. The van der Waals surface area contributed by atoms with E-state index >= 15 is 0 Å². The van der Waals surface area contributed by atoms with E-state index < -0.39 is 0 Å². The lowest BCUT2D eigenvalue weighted by atomic mass is 10.3. The SMILES string of the molecule is OC1CCN(c2cccc(S)c2)C1. The van der Waals surface area contributed by atoms with Gasteiger partial charge in [0.25, 0.3) is 0 Å². The van der Waals surface area contributed by atoms with E-state index in [-0.39, 0.29) is 6.10 Å². The lowest BCUT2D eigenvalue weighted by Gasteiger charge is -2.17. The molecule has 1 N–H and O–H groups in total. The van der Waals surface area contributed by atoms with Gasteiger partial charge < -0.3 is 10.0 Å². The van der Waals surface area contributed by atoms with Gasteiger partial charge >= 0.3 is 0 Å². The number of benzene rings is 1. The van der Waals surface area contributed by atoms with E-state index in [2.05, 4.69) is 23.6 Å². The average Bonchev–Trinajstić information content (AvgIpc) is 2.52. The molecule has 1 atom stereocenters. The number of hydrogen-bond acceptors (Lipinski definition) is 3. The Kier molecular flexibility index (Phi) is 2.47. The molecule has 1 aliphatic heterocycles. The molecule has 0 amide bonds. The Bertz CT molecular complexity index is 303. The molecule has 0 spiro atoms. The summed E-state index contributed by atoms with van der Waals surface area (Å²) in [5.41, 5.74) is 1.16. The highest BCUT2D eigenvalue weighted by Gasteiger charge is 2.19. The van der Waals surface area contributed by atoms with Gasteiger partial charge in [0.1, 0.15) is 0 Å². The second kappa shape index (κ2) is 3.60. The molecule has 0 bridgehead atoms. The Morgan fingerprint density at radius 2 is 2.31 bits per heavy atom. The maximum atomic E-state index is 9.37. The third-order valence-electron chi connectivity index (χ3n) is 2.36. The van der Waals surface area contributed by atoms with Crippen molar-refractivity contribution in [2.24, 2.45) is 0 Å². The number of aliphatic hydroxyl groups excluding tert-OH is 1. The van der Waals surface area contributed by atoms with Crippen LogP contribution >= 0.6 is 12.6 Å². The zero-order chi connectivity index (χ0) is 9.26. The number of anilines is 1. The van der Waals surface area contributed by atoms with Gasteiger partial charge in [-0.15, -0.1) is 12.6 Å². The zero-order valence-electron chi connectivity index (χ0n) is 7.35. The number of nitrogens with zero attached hydrogens (tertiary/aromatic N) is 1. The van der Waals surface area contributed by atoms with Crippen LogP contribution in [0.2, 0.25) is 0 Å². The van der Waals surface area contributed by atoms with Crippen molar-refractivity contribution in [2.75, 3.05) is 18.0 Å². The summed E-state index contributed by atoms with van der Waals surface area (Å²) in [6, 6.07) is 8.03. The fourth-order valence-electron chi connectivity index (χ4n) is 1.67. The molecule has 1 fully saturated rings. The highest BCUT2D eigenvalue weighted by molar-refractivity contribution is 7.80. The van der Waals surface area contributed by atoms with Gasteiger partial charge in [0, 0.05) is 23.7 Å². The first-order valence-corrected chi connectivity index (χ1v) is 4.92. The summed E-state index contributed by atoms with van der Waals surface area (Å²) in [5, 5.41) is 9.37. The number of hydrogen-bond donors (Lipinski definition) is 2. The van der Waals surface area contributed by atoms with Crippen molar-refractivity contribution in [2.45, 2.75) is 17.4 Å². The molecule has 2 rings (SSSR count). The minimum atomic E-state index is -0.163.